The Labute approximate surface area is 114 Å². The Morgan fingerprint density at radius 3 is 2.68 bits per heavy atom. The molecular formula is C12H21N3O3S. The van der Waals surface area contributed by atoms with Crippen LogP contribution in [0.4, 0.5) is 11.4 Å². The molecule has 0 heterocycles. The van der Waals surface area contributed by atoms with Crippen LogP contribution in [0.1, 0.15) is 19.8 Å². The third-order valence-electron chi connectivity index (χ3n) is 2.34. The third kappa shape index (κ3) is 6.88. The summed E-state index contributed by atoms with van der Waals surface area (Å²) in [5.41, 5.74) is 7.17. The SMILES string of the molecule is CCCOc1cc(N)cc(NCCCS(N)(=O)=O)c1. The monoisotopic (exact) mass is 287 g/mol. The van der Waals surface area contributed by atoms with E-state index in [9.17, 15) is 8.42 Å². The number of ether oxygens (including phenoxy) is 1. The molecule has 6 nitrogen and oxygen atoms in total. The molecule has 7 heteroatoms. The third-order valence-corrected chi connectivity index (χ3v) is 3.19. The van der Waals surface area contributed by atoms with Crippen LogP contribution in [0.2, 0.25) is 0 Å². The molecular weight excluding hydrogens is 266 g/mol. The van der Waals surface area contributed by atoms with Gasteiger partial charge in [0, 0.05) is 30.1 Å². The first-order valence-electron chi connectivity index (χ1n) is 6.18. The molecule has 108 valence electrons. The van der Waals surface area contributed by atoms with Crippen LogP contribution >= 0.6 is 0 Å². The quantitative estimate of drug-likeness (QED) is 0.491. The Morgan fingerprint density at radius 1 is 1.32 bits per heavy atom. The molecule has 1 aromatic carbocycles. The molecule has 0 saturated carbocycles. The van der Waals surface area contributed by atoms with Gasteiger partial charge in [0.2, 0.25) is 10.0 Å². The molecule has 0 bridgehead atoms. The lowest BCUT2D eigenvalue weighted by Crippen LogP contribution is -2.18. The molecule has 0 fully saturated rings. The van der Waals surface area contributed by atoms with Gasteiger partial charge in [-0.25, -0.2) is 13.6 Å². The minimum absolute atomic E-state index is 0.0402. The zero-order valence-electron chi connectivity index (χ0n) is 11.1. The second-order valence-corrected chi connectivity index (χ2v) is 6.02. The standard InChI is InChI=1S/C12H21N3O3S/c1-2-5-18-12-8-10(13)7-11(9-12)15-4-3-6-19(14,16)17/h7-9,15H,2-6,13H2,1H3,(H2,14,16,17). The fraction of sp³-hybridized carbons (Fsp3) is 0.500. The summed E-state index contributed by atoms with van der Waals surface area (Å²) in [6.45, 7) is 3.17. The normalized spacial score (nSPS) is 11.3. The summed E-state index contributed by atoms with van der Waals surface area (Å²) in [5.74, 6) is 0.664. The van der Waals surface area contributed by atoms with Crippen LogP contribution in [0.3, 0.4) is 0 Å². The highest BCUT2D eigenvalue weighted by Gasteiger charge is 2.03. The van der Waals surface area contributed by atoms with Gasteiger partial charge in [0.15, 0.2) is 0 Å². The van der Waals surface area contributed by atoms with Crippen LogP contribution < -0.4 is 20.9 Å². The second kappa shape index (κ2) is 7.20. The highest BCUT2D eigenvalue weighted by molar-refractivity contribution is 7.89. The van der Waals surface area contributed by atoms with Crippen LogP contribution in [0.15, 0.2) is 18.2 Å². The van der Waals surface area contributed by atoms with E-state index in [0.717, 1.165) is 12.1 Å². The van der Waals surface area contributed by atoms with E-state index in [1.54, 1.807) is 12.1 Å². The topological polar surface area (TPSA) is 107 Å². The van der Waals surface area contributed by atoms with Crippen molar-refractivity contribution in [3.63, 3.8) is 0 Å². The van der Waals surface area contributed by atoms with Crippen molar-refractivity contribution >= 4 is 21.4 Å². The van der Waals surface area contributed by atoms with Crippen molar-refractivity contribution in [3.05, 3.63) is 18.2 Å². The molecule has 0 aromatic heterocycles. The van der Waals surface area contributed by atoms with Gasteiger partial charge >= 0.3 is 0 Å². The van der Waals surface area contributed by atoms with E-state index < -0.39 is 10.0 Å². The summed E-state index contributed by atoms with van der Waals surface area (Å²) in [5, 5.41) is 8.02. The summed E-state index contributed by atoms with van der Waals surface area (Å²) in [4.78, 5) is 0. The molecule has 0 aliphatic heterocycles. The summed E-state index contributed by atoms with van der Waals surface area (Å²) in [7, 11) is -3.40. The Hall–Kier alpha value is -1.47. The van der Waals surface area contributed by atoms with E-state index >= 15 is 0 Å². The lowest BCUT2D eigenvalue weighted by molar-refractivity contribution is 0.318. The number of primary sulfonamides is 1. The lowest BCUT2D eigenvalue weighted by Gasteiger charge is -2.10. The molecule has 0 saturated heterocycles. The van der Waals surface area contributed by atoms with Crippen LogP contribution in [-0.4, -0.2) is 27.3 Å². The molecule has 0 aliphatic rings. The predicted molar refractivity (Wildman–Crippen MR) is 77.7 cm³/mol. The van der Waals surface area contributed by atoms with E-state index in [4.69, 9.17) is 15.6 Å². The van der Waals surface area contributed by atoms with Gasteiger partial charge in [-0.15, -0.1) is 0 Å². The summed E-state index contributed by atoms with van der Waals surface area (Å²) in [6, 6.07) is 5.36. The average Bonchev–Trinajstić information content (AvgIpc) is 2.30. The van der Waals surface area contributed by atoms with Crippen molar-refractivity contribution < 1.29 is 13.2 Å². The lowest BCUT2D eigenvalue weighted by atomic mass is 10.2. The highest BCUT2D eigenvalue weighted by atomic mass is 32.2. The van der Waals surface area contributed by atoms with E-state index in [1.807, 2.05) is 13.0 Å². The fourth-order valence-corrected chi connectivity index (χ4v) is 2.08. The molecule has 1 aromatic rings. The molecule has 0 amide bonds. The highest BCUT2D eigenvalue weighted by Crippen LogP contribution is 2.22. The van der Waals surface area contributed by atoms with Crippen molar-refractivity contribution in [1.82, 2.24) is 0 Å². The van der Waals surface area contributed by atoms with Gasteiger partial charge in [-0.2, -0.15) is 0 Å². The number of nitrogen functional groups attached to an aromatic ring is 1. The first-order chi connectivity index (χ1) is 8.90. The number of nitrogens with two attached hydrogens (primary N) is 2. The first kappa shape index (κ1) is 15.6. The maximum atomic E-state index is 10.8. The molecule has 5 N–H and O–H groups in total. The van der Waals surface area contributed by atoms with E-state index in [0.29, 0.717) is 31.0 Å². The number of anilines is 2. The van der Waals surface area contributed by atoms with E-state index in [1.165, 1.54) is 0 Å². The summed E-state index contributed by atoms with van der Waals surface area (Å²) in [6.07, 6.45) is 1.37. The summed E-state index contributed by atoms with van der Waals surface area (Å²) < 4.78 is 27.1. The molecule has 0 atom stereocenters. The predicted octanol–water partition coefficient (Wildman–Crippen LogP) is 1.15. The molecule has 0 spiro atoms. The molecule has 0 unspecified atom stereocenters. The Kier molecular flexibility index (Phi) is 5.91. The van der Waals surface area contributed by atoms with Crippen molar-refractivity contribution in [2.75, 3.05) is 30.0 Å². The van der Waals surface area contributed by atoms with Crippen molar-refractivity contribution in [3.8, 4) is 5.75 Å². The van der Waals surface area contributed by atoms with Gasteiger partial charge in [-0.05, 0) is 18.9 Å². The van der Waals surface area contributed by atoms with Gasteiger partial charge < -0.3 is 15.8 Å². The first-order valence-corrected chi connectivity index (χ1v) is 7.90. The maximum absolute atomic E-state index is 10.8. The van der Waals surface area contributed by atoms with Crippen molar-refractivity contribution in [1.29, 1.82) is 0 Å². The van der Waals surface area contributed by atoms with Gasteiger partial charge in [0.1, 0.15) is 5.75 Å². The van der Waals surface area contributed by atoms with Crippen LogP contribution in [0.25, 0.3) is 0 Å². The zero-order chi connectivity index (χ0) is 14.3. The smallest absolute Gasteiger partial charge is 0.209 e. The van der Waals surface area contributed by atoms with Gasteiger partial charge in [0.05, 0.1) is 12.4 Å². The van der Waals surface area contributed by atoms with Gasteiger partial charge in [-0.3, -0.25) is 0 Å². The largest absolute Gasteiger partial charge is 0.493 e. The molecule has 0 aliphatic carbocycles. The van der Waals surface area contributed by atoms with Crippen LogP contribution in [0, 0.1) is 0 Å². The average molecular weight is 287 g/mol. The van der Waals surface area contributed by atoms with Gasteiger partial charge in [-0.1, -0.05) is 6.92 Å². The van der Waals surface area contributed by atoms with Crippen LogP contribution in [0.5, 0.6) is 5.75 Å². The number of hydrogen-bond donors (Lipinski definition) is 3. The van der Waals surface area contributed by atoms with Crippen LogP contribution in [-0.2, 0) is 10.0 Å². The number of nitrogens with one attached hydrogen (secondary N) is 1. The van der Waals surface area contributed by atoms with Gasteiger partial charge in [0.25, 0.3) is 0 Å². The summed E-state index contributed by atoms with van der Waals surface area (Å²) >= 11 is 0. The molecule has 19 heavy (non-hydrogen) atoms. The number of hydrogen-bond acceptors (Lipinski definition) is 5. The minimum Gasteiger partial charge on any atom is -0.493 e. The molecule has 1 rings (SSSR count). The van der Waals surface area contributed by atoms with Crippen molar-refractivity contribution in [2.45, 2.75) is 19.8 Å². The maximum Gasteiger partial charge on any atom is 0.209 e. The number of benzene rings is 1. The zero-order valence-corrected chi connectivity index (χ0v) is 11.9. The minimum atomic E-state index is -3.40. The Balaban J connectivity index is 2.51. The number of sulfonamides is 1. The van der Waals surface area contributed by atoms with E-state index in [2.05, 4.69) is 5.32 Å². The molecule has 0 radical (unpaired) electrons. The second-order valence-electron chi connectivity index (χ2n) is 4.29. The Bertz CT molecular complexity index is 503. The Morgan fingerprint density at radius 2 is 2.05 bits per heavy atom. The van der Waals surface area contributed by atoms with E-state index in [-0.39, 0.29) is 5.75 Å². The fourth-order valence-electron chi connectivity index (χ4n) is 1.53. The van der Waals surface area contributed by atoms with Crippen molar-refractivity contribution in [2.24, 2.45) is 5.14 Å². The number of rotatable bonds is 8.